The van der Waals surface area contributed by atoms with Crippen molar-refractivity contribution < 1.29 is 19.4 Å². The molecule has 0 saturated carbocycles. The number of piperazine rings is 1. The molecule has 130 valence electrons. The maximum Gasteiger partial charge on any atom is 0.325 e. The predicted molar refractivity (Wildman–Crippen MR) is 92.2 cm³/mol. The molecule has 1 saturated heterocycles. The van der Waals surface area contributed by atoms with E-state index in [1.54, 1.807) is 29.2 Å². The zero-order valence-electron chi connectivity index (χ0n) is 13.7. The van der Waals surface area contributed by atoms with Gasteiger partial charge in [0.25, 0.3) is 0 Å². The van der Waals surface area contributed by atoms with Crippen LogP contribution in [0.5, 0.6) is 5.75 Å². The Morgan fingerprint density at radius 2 is 1.88 bits per heavy atom. The van der Waals surface area contributed by atoms with Crippen LogP contribution in [0.4, 0.5) is 0 Å². The van der Waals surface area contributed by atoms with Crippen molar-refractivity contribution >= 4 is 11.9 Å². The second-order valence-corrected chi connectivity index (χ2v) is 5.90. The summed E-state index contributed by atoms with van der Waals surface area (Å²) in [6, 6.07) is 16.0. The topological polar surface area (TPSA) is 78.9 Å². The van der Waals surface area contributed by atoms with Gasteiger partial charge in [0.1, 0.15) is 18.4 Å². The Labute approximate surface area is 146 Å². The molecule has 2 N–H and O–H groups in total. The molecule has 1 fully saturated rings. The van der Waals surface area contributed by atoms with E-state index in [0.29, 0.717) is 31.0 Å². The highest BCUT2D eigenvalue weighted by Crippen LogP contribution is 2.24. The van der Waals surface area contributed by atoms with Gasteiger partial charge in [0.05, 0.1) is 6.54 Å². The first kappa shape index (κ1) is 17.0. The molecular weight excluding hydrogens is 320 g/mol. The number of nitrogens with zero attached hydrogens (tertiary/aromatic N) is 1. The molecule has 2 aromatic carbocycles. The summed E-state index contributed by atoms with van der Waals surface area (Å²) in [5.74, 6) is -0.443. The van der Waals surface area contributed by atoms with Gasteiger partial charge in [-0.05, 0) is 23.3 Å². The minimum Gasteiger partial charge on any atom is -0.489 e. The lowest BCUT2D eigenvalue weighted by Crippen LogP contribution is -2.50. The lowest BCUT2D eigenvalue weighted by atomic mass is 10.0. The summed E-state index contributed by atoms with van der Waals surface area (Å²) in [7, 11) is 0. The first-order valence-electron chi connectivity index (χ1n) is 8.14. The van der Waals surface area contributed by atoms with Crippen LogP contribution >= 0.6 is 0 Å². The smallest absolute Gasteiger partial charge is 0.325 e. The van der Waals surface area contributed by atoms with Crippen LogP contribution in [0, 0.1) is 0 Å². The number of nitrogens with one attached hydrogen (secondary N) is 1. The Bertz CT molecular complexity index is 731. The fourth-order valence-corrected chi connectivity index (χ4v) is 2.88. The molecule has 25 heavy (non-hydrogen) atoms. The van der Waals surface area contributed by atoms with Crippen molar-refractivity contribution in [3.05, 3.63) is 65.7 Å². The minimum absolute atomic E-state index is 0.0865. The quantitative estimate of drug-likeness (QED) is 0.839. The molecule has 1 aliphatic rings. The standard InChI is InChI=1S/C19H20N2O4/c22-17-12-21(11-10-20-17)18(19(23)24)15-6-8-16(9-7-15)25-13-14-4-2-1-3-5-14/h1-9,18H,10-13H2,(H,20,22)(H,23,24). The summed E-state index contributed by atoms with van der Waals surface area (Å²) in [6.07, 6.45) is 0. The van der Waals surface area contributed by atoms with E-state index in [1.807, 2.05) is 30.3 Å². The van der Waals surface area contributed by atoms with Gasteiger partial charge in [-0.2, -0.15) is 0 Å². The van der Waals surface area contributed by atoms with E-state index < -0.39 is 12.0 Å². The zero-order chi connectivity index (χ0) is 17.6. The number of amides is 1. The van der Waals surface area contributed by atoms with Crippen LogP contribution in [0.2, 0.25) is 0 Å². The monoisotopic (exact) mass is 340 g/mol. The number of hydrogen-bond acceptors (Lipinski definition) is 4. The lowest BCUT2D eigenvalue weighted by Gasteiger charge is -2.31. The summed E-state index contributed by atoms with van der Waals surface area (Å²) in [6.45, 7) is 1.51. The van der Waals surface area contributed by atoms with E-state index in [1.165, 1.54) is 0 Å². The van der Waals surface area contributed by atoms with Gasteiger partial charge < -0.3 is 15.2 Å². The molecule has 1 heterocycles. The molecule has 0 aromatic heterocycles. The summed E-state index contributed by atoms with van der Waals surface area (Å²) in [5, 5.41) is 12.3. The van der Waals surface area contributed by atoms with E-state index >= 15 is 0 Å². The number of hydrogen-bond donors (Lipinski definition) is 2. The third kappa shape index (κ3) is 4.36. The molecule has 0 spiro atoms. The maximum atomic E-state index is 11.7. The van der Waals surface area contributed by atoms with Gasteiger partial charge >= 0.3 is 5.97 Å². The summed E-state index contributed by atoms with van der Waals surface area (Å²) in [4.78, 5) is 24.9. The van der Waals surface area contributed by atoms with E-state index in [2.05, 4.69) is 5.32 Å². The van der Waals surface area contributed by atoms with Gasteiger partial charge in [-0.15, -0.1) is 0 Å². The van der Waals surface area contributed by atoms with Gasteiger partial charge in [-0.1, -0.05) is 42.5 Å². The highest BCUT2D eigenvalue weighted by molar-refractivity contribution is 5.81. The van der Waals surface area contributed by atoms with Gasteiger partial charge in [-0.25, -0.2) is 0 Å². The number of rotatable bonds is 6. The third-order valence-corrected chi connectivity index (χ3v) is 4.11. The molecule has 0 aliphatic carbocycles. The van der Waals surface area contributed by atoms with Crippen molar-refractivity contribution in [3.8, 4) is 5.75 Å². The third-order valence-electron chi connectivity index (χ3n) is 4.11. The number of carboxylic acids is 1. The van der Waals surface area contributed by atoms with Crippen LogP contribution < -0.4 is 10.1 Å². The van der Waals surface area contributed by atoms with Crippen LogP contribution in [0.25, 0.3) is 0 Å². The first-order chi connectivity index (χ1) is 12.1. The highest BCUT2D eigenvalue weighted by atomic mass is 16.5. The zero-order valence-corrected chi connectivity index (χ0v) is 13.7. The molecule has 1 atom stereocenters. The Morgan fingerprint density at radius 1 is 1.16 bits per heavy atom. The van der Waals surface area contributed by atoms with Gasteiger partial charge in [0.2, 0.25) is 5.91 Å². The van der Waals surface area contributed by atoms with Crippen molar-refractivity contribution in [1.29, 1.82) is 0 Å². The number of carboxylic acid groups (broad SMARTS) is 1. The summed E-state index contributed by atoms with van der Waals surface area (Å²) >= 11 is 0. The molecule has 1 aliphatic heterocycles. The molecule has 6 nitrogen and oxygen atoms in total. The van der Waals surface area contributed by atoms with Gasteiger partial charge in [0, 0.05) is 13.1 Å². The number of carbonyl (C=O) groups excluding carboxylic acids is 1. The molecule has 0 radical (unpaired) electrons. The first-order valence-corrected chi connectivity index (χ1v) is 8.14. The van der Waals surface area contributed by atoms with E-state index in [9.17, 15) is 14.7 Å². The Kier molecular flexibility index (Phi) is 5.30. The SMILES string of the molecule is O=C1CN(C(C(=O)O)c2ccc(OCc3ccccc3)cc2)CCN1. The molecular formula is C19H20N2O4. The number of ether oxygens (including phenoxy) is 1. The van der Waals surface area contributed by atoms with Gasteiger partial charge in [0.15, 0.2) is 0 Å². The van der Waals surface area contributed by atoms with Crippen molar-refractivity contribution in [1.82, 2.24) is 10.2 Å². The van der Waals surface area contributed by atoms with E-state index in [0.717, 1.165) is 5.56 Å². The van der Waals surface area contributed by atoms with Crippen LogP contribution in [-0.2, 0) is 16.2 Å². The normalized spacial score (nSPS) is 16.1. The van der Waals surface area contributed by atoms with Crippen LogP contribution in [0.15, 0.2) is 54.6 Å². The molecule has 0 bridgehead atoms. The second-order valence-electron chi connectivity index (χ2n) is 5.90. The number of aliphatic carboxylic acids is 1. The van der Waals surface area contributed by atoms with Crippen LogP contribution in [-0.4, -0.2) is 41.5 Å². The van der Waals surface area contributed by atoms with Crippen molar-refractivity contribution in [3.63, 3.8) is 0 Å². The fraction of sp³-hybridized carbons (Fsp3) is 0.263. The van der Waals surface area contributed by atoms with Crippen LogP contribution in [0.1, 0.15) is 17.2 Å². The molecule has 3 rings (SSSR count). The maximum absolute atomic E-state index is 11.7. The largest absolute Gasteiger partial charge is 0.489 e. The van der Waals surface area contributed by atoms with Crippen LogP contribution in [0.3, 0.4) is 0 Å². The minimum atomic E-state index is -0.965. The molecule has 6 heteroatoms. The van der Waals surface area contributed by atoms with Gasteiger partial charge in [-0.3, -0.25) is 14.5 Å². The van der Waals surface area contributed by atoms with Crippen molar-refractivity contribution in [2.75, 3.05) is 19.6 Å². The summed E-state index contributed by atoms with van der Waals surface area (Å²) < 4.78 is 5.72. The fourth-order valence-electron chi connectivity index (χ4n) is 2.88. The van der Waals surface area contributed by atoms with E-state index in [4.69, 9.17) is 4.74 Å². The number of carbonyl (C=O) groups is 2. The molecule has 2 aromatic rings. The average molecular weight is 340 g/mol. The predicted octanol–water partition coefficient (Wildman–Crippen LogP) is 1.82. The Hall–Kier alpha value is -2.86. The average Bonchev–Trinajstić information content (AvgIpc) is 2.62. The molecule has 1 amide bonds. The lowest BCUT2D eigenvalue weighted by molar-refractivity contribution is -0.145. The summed E-state index contributed by atoms with van der Waals surface area (Å²) in [5.41, 5.74) is 1.70. The number of benzene rings is 2. The second kappa shape index (κ2) is 7.81. The van der Waals surface area contributed by atoms with E-state index in [-0.39, 0.29) is 12.5 Å². The Morgan fingerprint density at radius 3 is 2.52 bits per heavy atom. The molecule has 1 unspecified atom stereocenters. The highest BCUT2D eigenvalue weighted by Gasteiger charge is 2.30. The Balaban J connectivity index is 1.68. The van der Waals surface area contributed by atoms with Crippen molar-refractivity contribution in [2.24, 2.45) is 0 Å². The van der Waals surface area contributed by atoms with Crippen molar-refractivity contribution in [2.45, 2.75) is 12.6 Å².